The Labute approximate surface area is 111 Å². The van der Waals surface area contributed by atoms with E-state index in [-0.39, 0.29) is 0 Å². The van der Waals surface area contributed by atoms with Crippen molar-refractivity contribution in [2.45, 2.75) is 25.4 Å². The number of hydrogen-bond acceptors (Lipinski definition) is 5. The van der Waals surface area contributed by atoms with Crippen LogP contribution < -0.4 is 5.48 Å². The van der Waals surface area contributed by atoms with Crippen molar-refractivity contribution in [1.82, 2.24) is 15.4 Å². The number of nitrogens with zero attached hydrogens (tertiary/aromatic N) is 2. The Morgan fingerprint density at radius 1 is 1.58 bits per heavy atom. The third-order valence-corrected chi connectivity index (χ3v) is 3.87. The predicted octanol–water partition coefficient (Wildman–Crippen LogP) is 0.348. The van der Waals surface area contributed by atoms with Crippen LogP contribution in [0.1, 0.15) is 28.0 Å². The Bertz CT molecular complexity index is 486. The maximum atomic E-state index is 11.3. The van der Waals surface area contributed by atoms with E-state index in [1.807, 2.05) is 6.07 Å². The number of nitrogens with one attached hydrogen (secondary N) is 1. The summed E-state index contributed by atoms with van der Waals surface area (Å²) in [5.74, 6) is -0.512. The van der Waals surface area contributed by atoms with Gasteiger partial charge >= 0.3 is 0 Å². The number of fused-ring (bicyclic) bond motifs is 1. The highest BCUT2D eigenvalue weighted by molar-refractivity contribution is 5.93. The lowest BCUT2D eigenvalue weighted by molar-refractivity contribution is 0.0705. The SMILES string of the molecule is O=C(NO)c1cnc2c(c1)CCN([C@H]1CCOC1)C2. The highest BCUT2D eigenvalue weighted by atomic mass is 16.5. The molecule has 0 bridgehead atoms. The number of carbonyl (C=O) groups is 1. The van der Waals surface area contributed by atoms with Crippen molar-refractivity contribution in [3.05, 3.63) is 29.1 Å². The maximum absolute atomic E-state index is 11.3. The van der Waals surface area contributed by atoms with Gasteiger partial charge in [0.2, 0.25) is 0 Å². The number of aromatic nitrogens is 1. The van der Waals surface area contributed by atoms with E-state index in [1.165, 1.54) is 6.20 Å². The van der Waals surface area contributed by atoms with E-state index in [4.69, 9.17) is 9.94 Å². The smallest absolute Gasteiger partial charge is 0.276 e. The molecule has 1 atom stereocenters. The number of hydrogen-bond donors (Lipinski definition) is 2. The number of pyridine rings is 1. The maximum Gasteiger partial charge on any atom is 0.276 e. The van der Waals surface area contributed by atoms with Crippen molar-refractivity contribution in [2.24, 2.45) is 0 Å². The van der Waals surface area contributed by atoms with Crippen LogP contribution in [0.5, 0.6) is 0 Å². The fraction of sp³-hybridized carbons (Fsp3) is 0.538. The first-order valence-corrected chi connectivity index (χ1v) is 6.52. The van der Waals surface area contributed by atoms with Gasteiger partial charge in [-0.25, -0.2) is 5.48 Å². The molecule has 0 spiro atoms. The molecular weight excluding hydrogens is 246 g/mol. The van der Waals surface area contributed by atoms with Crippen LogP contribution in [0, 0.1) is 0 Å². The molecule has 0 radical (unpaired) electrons. The Balaban J connectivity index is 1.76. The average Bonchev–Trinajstić information content (AvgIpc) is 2.99. The topological polar surface area (TPSA) is 74.7 Å². The molecule has 3 rings (SSSR count). The van der Waals surface area contributed by atoms with Gasteiger partial charge in [-0.1, -0.05) is 0 Å². The number of hydroxylamine groups is 1. The minimum absolute atomic E-state index is 0.402. The van der Waals surface area contributed by atoms with Gasteiger partial charge in [0.15, 0.2) is 0 Å². The quantitative estimate of drug-likeness (QED) is 0.595. The van der Waals surface area contributed by atoms with E-state index < -0.39 is 5.91 Å². The molecule has 0 aromatic carbocycles. The molecule has 6 nitrogen and oxygen atoms in total. The van der Waals surface area contributed by atoms with E-state index in [9.17, 15) is 4.79 Å². The van der Waals surface area contributed by atoms with Crippen LogP contribution in [0.2, 0.25) is 0 Å². The largest absolute Gasteiger partial charge is 0.380 e. The Kier molecular flexibility index (Phi) is 3.46. The summed E-state index contributed by atoms with van der Waals surface area (Å²) >= 11 is 0. The molecule has 0 saturated carbocycles. The minimum atomic E-state index is -0.512. The predicted molar refractivity (Wildman–Crippen MR) is 66.8 cm³/mol. The molecule has 2 N–H and O–H groups in total. The Morgan fingerprint density at radius 3 is 3.21 bits per heavy atom. The normalized spacial score (nSPS) is 23.1. The third-order valence-electron chi connectivity index (χ3n) is 3.87. The van der Waals surface area contributed by atoms with Crippen molar-refractivity contribution >= 4 is 5.91 Å². The molecule has 0 unspecified atom stereocenters. The number of rotatable bonds is 2. The highest BCUT2D eigenvalue weighted by Gasteiger charge is 2.27. The third kappa shape index (κ3) is 2.47. The Hall–Kier alpha value is -1.50. The van der Waals surface area contributed by atoms with Gasteiger partial charge in [-0.2, -0.15) is 0 Å². The van der Waals surface area contributed by atoms with E-state index >= 15 is 0 Å². The van der Waals surface area contributed by atoms with E-state index in [2.05, 4.69) is 9.88 Å². The summed E-state index contributed by atoms with van der Waals surface area (Å²) in [5, 5.41) is 8.63. The zero-order valence-electron chi connectivity index (χ0n) is 10.6. The minimum Gasteiger partial charge on any atom is -0.380 e. The van der Waals surface area contributed by atoms with Gasteiger partial charge in [0, 0.05) is 31.9 Å². The van der Waals surface area contributed by atoms with Gasteiger partial charge < -0.3 is 4.74 Å². The molecule has 3 heterocycles. The second-order valence-corrected chi connectivity index (χ2v) is 5.01. The Morgan fingerprint density at radius 2 is 2.47 bits per heavy atom. The van der Waals surface area contributed by atoms with E-state index in [1.54, 1.807) is 5.48 Å². The van der Waals surface area contributed by atoms with Gasteiger partial charge in [-0.05, 0) is 24.5 Å². The van der Waals surface area contributed by atoms with Crippen LogP contribution in [0.25, 0.3) is 0 Å². The van der Waals surface area contributed by atoms with Crippen molar-refractivity contribution in [3.63, 3.8) is 0 Å². The van der Waals surface area contributed by atoms with Crippen LogP contribution >= 0.6 is 0 Å². The van der Waals surface area contributed by atoms with E-state index in [0.29, 0.717) is 11.6 Å². The van der Waals surface area contributed by atoms with Gasteiger partial charge in [-0.15, -0.1) is 0 Å². The molecule has 1 amide bonds. The summed E-state index contributed by atoms with van der Waals surface area (Å²) < 4.78 is 5.42. The zero-order chi connectivity index (χ0) is 13.2. The molecule has 1 aromatic rings. The molecule has 1 fully saturated rings. The highest BCUT2D eigenvalue weighted by Crippen LogP contribution is 2.22. The summed E-state index contributed by atoms with van der Waals surface area (Å²) in [5.41, 5.74) is 4.15. The molecule has 6 heteroatoms. The number of amides is 1. The molecule has 0 aliphatic carbocycles. The summed E-state index contributed by atoms with van der Waals surface area (Å²) in [4.78, 5) is 18.1. The fourth-order valence-electron chi connectivity index (χ4n) is 2.74. The molecule has 1 saturated heterocycles. The fourth-order valence-corrected chi connectivity index (χ4v) is 2.74. The van der Waals surface area contributed by atoms with Crippen molar-refractivity contribution in [3.8, 4) is 0 Å². The first-order chi connectivity index (χ1) is 9.28. The lowest BCUT2D eigenvalue weighted by Crippen LogP contribution is -2.40. The molecule has 2 aliphatic heterocycles. The second-order valence-electron chi connectivity index (χ2n) is 5.01. The molecule has 19 heavy (non-hydrogen) atoms. The molecular formula is C13H17N3O3. The summed E-state index contributed by atoms with van der Waals surface area (Å²) in [6, 6.07) is 2.31. The summed E-state index contributed by atoms with van der Waals surface area (Å²) in [6.45, 7) is 3.43. The summed E-state index contributed by atoms with van der Waals surface area (Å²) in [6.07, 6.45) is 3.48. The lowest BCUT2D eigenvalue weighted by atomic mass is 10.0. The van der Waals surface area contributed by atoms with Crippen molar-refractivity contribution in [1.29, 1.82) is 0 Å². The monoisotopic (exact) mass is 263 g/mol. The van der Waals surface area contributed by atoms with Gasteiger partial charge in [0.25, 0.3) is 5.91 Å². The van der Waals surface area contributed by atoms with Gasteiger partial charge in [-0.3, -0.25) is 19.9 Å². The van der Waals surface area contributed by atoms with Crippen LogP contribution in [-0.2, 0) is 17.7 Å². The average molecular weight is 263 g/mol. The van der Waals surface area contributed by atoms with Crippen LogP contribution in [0.4, 0.5) is 0 Å². The van der Waals surface area contributed by atoms with Crippen LogP contribution in [-0.4, -0.2) is 46.8 Å². The second kappa shape index (κ2) is 5.24. The first kappa shape index (κ1) is 12.5. The standard InChI is InChI=1S/C13H17N3O3/c17-13(15-18)10-5-9-1-3-16(7-12(9)14-6-10)11-2-4-19-8-11/h5-6,11,18H,1-4,7-8H2,(H,15,17)/t11-/m0/s1. The lowest BCUT2D eigenvalue weighted by Gasteiger charge is -2.32. The molecule has 2 aliphatic rings. The number of carbonyl (C=O) groups excluding carboxylic acids is 1. The number of ether oxygens (including phenoxy) is 1. The van der Waals surface area contributed by atoms with Crippen LogP contribution in [0.15, 0.2) is 12.3 Å². The zero-order valence-corrected chi connectivity index (χ0v) is 10.6. The van der Waals surface area contributed by atoms with Crippen molar-refractivity contribution < 1.29 is 14.7 Å². The molecule has 1 aromatic heterocycles. The summed E-state index contributed by atoms with van der Waals surface area (Å²) in [7, 11) is 0. The molecule has 102 valence electrons. The first-order valence-electron chi connectivity index (χ1n) is 6.52. The van der Waals surface area contributed by atoms with Crippen LogP contribution in [0.3, 0.4) is 0 Å². The van der Waals surface area contributed by atoms with E-state index in [0.717, 1.165) is 50.4 Å². The van der Waals surface area contributed by atoms with Gasteiger partial charge in [0.05, 0.1) is 17.9 Å². The van der Waals surface area contributed by atoms with Gasteiger partial charge in [0.1, 0.15) is 0 Å². The van der Waals surface area contributed by atoms with Crippen molar-refractivity contribution in [2.75, 3.05) is 19.8 Å².